The Kier molecular flexibility index (Phi) is 3.21. The van der Waals surface area contributed by atoms with Crippen LogP contribution in [-0.2, 0) is 0 Å². The van der Waals surface area contributed by atoms with Gasteiger partial charge < -0.3 is 5.32 Å². The molecule has 1 N–H and O–H groups in total. The smallest absolute Gasteiger partial charge is 0.0450 e. The van der Waals surface area contributed by atoms with E-state index >= 15 is 0 Å². The highest BCUT2D eigenvalue weighted by Crippen LogP contribution is 2.38. The molecular weight excluding hydrogens is 294 g/mol. The van der Waals surface area contributed by atoms with Crippen molar-refractivity contribution in [3.8, 4) is 0 Å². The number of thiophene rings is 1. The minimum absolute atomic E-state index is 0.651. The first-order valence-electron chi connectivity index (χ1n) is 5.85. The van der Waals surface area contributed by atoms with E-state index in [1.807, 2.05) is 0 Å². The molecule has 0 amide bonds. The Morgan fingerprint density at radius 3 is 2.53 bits per heavy atom. The summed E-state index contributed by atoms with van der Waals surface area (Å²) in [4.78, 5) is 0. The van der Waals surface area contributed by atoms with Gasteiger partial charge in [-0.25, -0.2) is 0 Å². The monoisotopic (exact) mass is 307 g/mol. The van der Waals surface area contributed by atoms with Gasteiger partial charge in [0.05, 0.1) is 0 Å². The second kappa shape index (κ2) is 4.83. The number of nitrogens with one attached hydrogen (secondary N) is 1. The molecule has 1 fully saturated rings. The molecule has 1 aliphatic rings. The van der Waals surface area contributed by atoms with Crippen molar-refractivity contribution in [2.24, 2.45) is 0 Å². The van der Waals surface area contributed by atoms with E-state index in [-0.39, 0.29) is 0 Å². The van der Waals surface area contributed by atoms with Gasteiger partial charge >= 0.3 is 0 Å². The number of anilines is 1. The van der Waals surface area contributed by atoms with Crippen molar-refractivity contribution < 1.29 is 0 Å². The van der Waals surface area contributed by atoms with Gasteiger partial charge in [0.1, 0.15) is 0 Å². The zero-order chi connectivity index (χ0) is 11.7. The quantitative estimate of drug-likeness (QED) is 0.853. The Balaban J connectivity index is 1.56. The molecule has 1 aromatic heterocycles. The zero-order valence-corrected chi connectivity index (χ0v) is 11.8. The molecule has 0 unspecified atom stereocenters. The molecule has 1 aliphatic carbocycles. The third-order valence-electron chi connectivity index (χ3n) is 3.37. The molecule has 1 heterocycles. The molecule has 1 aromatic carbocycles. The first-order chi connectivity index (χ1) is 8.31. The summed E-state index contributed by atoms with van der Waals surface area (Å²) in [6.45, 7) is 0. The van der Waals surface area contributed by atoms with Gasteiger partial charge in [-0.05, 0) is 47.9 Å². The van der Waals surface area contributed by atoms with E-state index in [1.54, 1.807) is 11.3 Å². The highest BCUT2D eigenvalue weighted by molar-refractivity contribution is 9.10. The van der Waals surface area contributed by atoms with Crippen LogP contribution in [0.25, 0.3) is 0 Å². The number of rotatable bonds is 3. The SMILES string of the molecule is Brc1ccc(C2CC(Nc3ccsc3)C2)cc1. The van der Waals surface area contributed by atoms with Crippen molar-refractivity contribution in [3.05, 3.63) is 51.1 Å². The second-order valence-corrected chi connectivity index (χ2v) is 6.27. The molecule has 1 saturated carbocycles. The fourth-order valence-corrected chi connectivity index (χ4v) is 3.19. The fourth-order valence-electron chi connectivity index (χ4n) is 2.33. The second-order valence-electron chi connectivity index (χ2n) is 4.57. The Morgan fingerprint density at radius 1 is 1.12 bits per heavy atom. The molecular formula is C14H14BrNS. The van der Waals surface area contributed by atoms with Crippen LogP contribution in [0.4, 0.5) is 5.69 Å². The average Bonchev–Trinajstić information content (AvgIpc) is 2.77. The summed E-state index contributed by atoms with van der Waals surface area (Å²) in [5, 5.41) is 7.86. The number of hydrogen-bond acceptors (Lipinski definition) is 2. The minimum Gasteiger partial charge on any atom is -0.382 e. The van der Waals surface area contributed by atoms with Crippen LogP contribution in [0, 0.1) is 0 Å². The zero-order valence-electron chi connectivity index (χ0n) is 9.40. The maximum atomic E-state index is 3.57. The summed E-state index contributed by atoms with van der Waals surface area (Å²) >= 11 is 5.22. The molecule has 0 atom stereocenters. The third kappa shape index (κ3) is 2.55. The lowest BCUT2D eigenvalue weighted by atomic mass is 9.76. The standard InChI is InChI=1S/C14H14BrNS/c15-12-3-1-10(2-4-12)11-7-14(8-11)16-13-5-6-17-9-13/h1-6,9,11,14,16H,7-8H2. The van der Waals surface area contributed by atoms with Crippen LogP contribution in [0.1, 0.15) is 24.3 Å². The Hall–Kier alpha value is -0.800. The van der Waals surface area contributed by atoms with Crippen LogP contribution in [-0.4, -0.2) is 6.04 Å². The van der Waals surface area contributed by atoms with Gasteiger partial charge in [0.15, 0.2) is 0 Å². The summed E-state index contributed by atoms with van der Waals surface area (Å²) in [7, 11) is 0. The number of benzene rings is 1. The van der Waals surface area contributed by atoms with Crippen LogP contribution < -0.4 is 5.32 Å². The third-order valence-corrected chi connectivity index (χ3v) is 4.58. The van der Waals surface area contributed by atoms with Gasteiger partial charge in [-0.1, -0.05) is 28.1 Å². The Morgan fingerprint density at radius 2 is 1.88 bits per heavy atom. The molecule has 1 nitrogen and oxygen atoms in total. The first-order valence-corrected chi connectivity index (χ1v) is 7.59. The maximum Gasteiger partial charge on any atom is 0.0450 e. The van der Waals surface area contributed by atoms with Gasteiger partial charge in [0.2, 0.25) is 0 Å². The molecule has 2 aromatic rings. The Bertz CT molecular complexity index is 471. The highest BCUT2D eigenvalue weighted by Gasteiger charge is 2.29. The molecule has 0 bridgehead atoms. The van der Waals surface area contributed by atoms with Crippen LogP contribution in [0.5, 0.6) is 0 Å². The van der Waals surface area contributed by atoms with E-state index in [1.165, 1.54) is 24.1 Å². The van der Waals surface area contributed by atoms with E-state index < -0.39 is 0 Å². The average molecular weight is 308 g/mol. The lowest BCUT2D eigenvalue weighted by Gasteiger charge is -2.36. The topological polar surface area (TPSA) is 12.0 Å². The van der Waals surface area contributed by atoms with E-state index in [0.717, 1.165) is 10.4 Å². The van der Waals surface area contributed by atoms with Gasteiger partial charge in [-0.2, -0.15) is 11.3 Å². The molecule has 88 valence electrons. The summed E-state index contributed by atoms with van der Waals surface area (Å²) in [6.07, 6.45) is 2.49. The predicted octanol–water partition coefficient (Wildman–Crippen LogP) is 4.87. The lowest BCUT2D eigenvalue weighted by molar-refractivity contribution is 0.374. The van der Waals surface area contributed by atoms with E-state index in [4.69, 9.17) is 0 Å². The van der Waals surface area contributed by atoms with Crippen LogP contribution >= 0.6 is 27.3 Å². The molecule has 0 spiro atoms. The van der Waals surface area contributed by atoms with Gasteiger partial charge in [-0.15, -0.1) is 0 Å². The Labute approximate surface area is 114 Å². The molecule has 0 radical (unpaired) electrons. The summed E-state index contributed by atoms with van der Waals surface area (Å²) in [5.41, 5.74) is 2.74. The summed E-state index contributed by atoms with van der Waals surface area (Å²) < 4.78 is 1.16. The van der Waals surface area contributed by atoms with E-state index in [2.05, 4.69) is 62.3 Å². The molecule has 3 rings (SSSR count). The van der Waals surface area contributed by atoms with Gasteiger partial charge in [0, 0.05) is 21.6 Å². The van der Waals surface area contributed by atoms with E-state index in [0.29, 0.717) is 6.04 Å². The normalized spacial score (nSPS) is 23.1. The van der Waals surface area contributed by atoms with Gasteiger partial charge in [-0.3, -0.25) is 0 Å². The van der Waals surface area contributed by atoms with Crippen molar-refractivity contribution in [2.45, 2.75) is 24.8 Å². The van der Waals surface area contributed by atoms with Crippen molar-refractivity contribution in [1.29, 1.82) is 0 Å². The van der Waals surface area contributed by atoms with E-state index in [9.17, 15) is 0 Å². The maximum absolute atomic E-state index is 3.57. The van der Waals surface area contributed by atoms with Crippen molar-refractivity contribution >= 4 is 33.0 Å². The van der Waals surface area contributed by atoms with Crippen molar-refractivity contribution in [3.63, 3.8) is 0 Å². The minimum atomic E-state index is 0.651. The van der Waals surface area contributed by atoms with Crippen LogP contribution in [0.2, 0.25) is 0 Å². The first kappa shape index (κ1) is 11.3. The van der Waals surface area contributed by atoms with Crippen molar-refractivity contribution in [1.82, 2.24) is 0 Å². The van der Waals surface area contributed by atoms with Crippen LogP contribution in [0.15, 0.2) is 45.6 Å². The molecule has 3 heteroatoms. The fraction of sp³-hybridized carbons (Fsp3) is 0.286. The molecule has 17 heavy (non-hydrogen) atoms. The predicted molar refractivity (Wildman–Crippen MR) is 77.8 cm³/mol. The van der Waals surface area contributed by atoms with Crippen molar-refractivity contribution in [2.75, 3.05) is 5.32 Å². The highest BCUT2D eigenvalue weighted by atomic mass is 79.9. The number of hydrogen-bond donors (Lipinski definition) is 1. The largest absolute Gasteiger partial charge is 0.382 e. The molecule has 0 saturated heterocycles. The van der Waals surface area contributed by atoms with Gasteiger partial charge in [0.25, 0.3) is 0 Å². The van der Waals surface area contributed by atoms with Crippen LogP contribution in [0.3, 0.4) is 0 Å². The summed E-state index contributed by atoms with van der Waals surface area (Å²) in [6, 6.07) is 11.5. The lowest BCUT2D eigenvalue weighted by Crippen LogP contribution is -2.33. The summed E-state index contributed by atoms with van der Waals surface area (Å²) in [5.74, 6) is 0.735. The molecule has 0 aliphatic heterocycles. The number of halogens is 1.